The zero-order chi connectivity index (χ0) is 21.3. The van der Waals surface area contributed by atoms with Crippen molar-refractivity contribution in [1.29, 1.82) is 0 Å². The monoisotopic (exact) mass is 405 g/mol. The van der Waals surface area contributed by atoms with Crippen LogP contribution < -0.4 is 10.6 Å². The topological polar surface area (TPSA) is 78.5 Å². The fourth-order valence-corrected chi connectivity index (χ4v) is 4.41. The smallest absolute Gasteiger partial charge is 0.325 e. The lowest BCUT2D eigenvalue weighted by Crippen LogP contribution is -2.48. The van der Waals surface area contributed by atoms with E-state index in [1.54, 1.807) is 6.92 Å². The number of hydrogen-bond acceptors (Lipinski definition) is 3. The van der Waals surface area contributed by atoms with Gasteiger partial charge in [-0.2, -0.15) is 0 Å². The van der Waals surface area contributed by atoms with Gasteiger partial charge in [-0.25, -0.2) is 4.79 Å². The molecule has 30 heavy (non-hydrogen) atoms. The van der Waals surface area contributed by atoms with Gasteiger partial charge in [0.15, 0.2) is 0 Å². The number of nitrogens with one attached hydrogen (secondary N) is 2. The van der Waals surface area contributed by atoms with E-state index in [0.29, 0.717) is 0 Å². The molecule has 2 atom stereocenters. The Bertz CT molecular complexity index is 903. The molecule has 0 aromatic heterocycles. The van der Waals surface area contributed by atoms with Crippen molar-refractivity contribution in [2.24, 2.45) is 5.92 Å². The third kappa shape index (κ3) is 3.82. The molecule has 1 heterocycles. The lowest BCUT2D eigenvalue weighted by Gasteiger charge is -2.27. The minimum absolute atomic E-state index is 0.0452. The second-order valence-corrected chi connectivity index (χ2v) is 8.45. The van der Waals surface area contributed by atoms with E-state index in [4.69, 9.17) is 0 Å². The molecule has 4 rings (SSSR count). The molecule has 156 valence electrons. The second kappa shape index (κ2) is 7.94. The molecular formula is C24H27N3O3. The number of benzene rings is 2. The Morgan fingerprint density at radius 2 is 1.60 bits per heavy atom. The summed E-state index contributed by atoms with van der Waals surface area (Å²) in [6.07, 6.45) is 1.85. The van der Waals surface area contributed by atoms with Gasteiger partial charge >= 0.3 is 6.03 Å². The number of imide groups is 1. The molecule has 1 aliphatic carbocycles. The Kier molecular flexibility index (Phi) is 5.33. The van der Waals surface area contributed by atoms with Gasteiger partial charge in [-0.3, -0.25) is 14.5 Å². The van der Waals surface area contributed by atoms with Crippen LogP contribution >= 0.6 is 0 Å². The summed E-state index contributed by atoms with van der Waals surface area (Å²) in [6.45, 7) is 3.43. The maximum Gasteiger partial charge on any atom is 0.325 e. The summed E-state index contributed by atoms with van der Waals surface area (Å²) in [5.41, 5.74) is 1.31. The maximum absolute atomic E-state index is 12.8. The standard InChI is InChI=1S/C24H27N3O3/c1-16(21(17-9-5-3-6-10-17)18-11-7-4-8-12-18)25-20(28)15-27-22(29)24(2,19-13-14-19)26-23(27)30/h3-12,16,19,21H,13-15H2,1-2H3,(H,25,28)(H,26,30). The first-order valence-corrected chi connectivity index (χ1v) is 10.4. The first-order valence-electron chi connectivity index (χ1n) is 10.4. The molecule has 2 N–H and O–H groups in total. The Hall–Kier alpha value is -3.15. The zero-order valence-electron chi connectivity index (χ0n) is 17.3. The molecule has 2 aromatic carbocycles. The highest BCUT2D eigenvalue weighted by molar-refractivity contribution is 6.09. The van der Waals surface area contributed by atoms with Gasteiger partial charge in [-0.15, -0.1) is 0 Å². The number of nitrogens with zero attached hydrogens (tertiary/aromatic N) is 1. The number of amides is 4. The lowest BCUT2D eigenvalue weighted by atomic mass is 9.86. The van der Waals surface area contributed by atoms with Crippen LogP contribution in [0.15, 0.2) is 60.7 Å². The molecule has 2 fully saturated rings. The summed E-state index contributed by atoms with van der Waals surface area (Å²) >= 11 is 0. The summed E-state index contributed by atoms with van der Waals surface area (Å²) in [5, 5.41) is 5.79. The van der Waals surface area contributed by atoms with Crippen LogP contribution in [0.1, 0.15) is 43.7 Å². The van der Waals surface area contributed by atoms with E-state index < -0.39 is 11.6 Å². The van der Waals surface area contributed by atoms with Crippen LogP contribution in [0.2, 0.25) is 0 Å². The number of hydrogen-bond donors (Lipinski definition) is 2. The first kappa shape index (κ1) is 20.1. The van der Waals surface area contributed by atoms with E-state index in [0.717, 1.165) is 28.9 Å². The van der Waals surface area contributed by atoms with Gasteiger partial charge in [0, 0.05) is 12.0 Å². The van der Waals surface area contributed by atoms with Crippen molar-refractivity contribution in [3.63, 3.8) is 0 Å². The third-order valence-electron chi connectivity index (χ3n) is 6.20. The Labute approximate surface area is 176 Å². The Balaban J connectivity index is 1.47. The Morgan fingerprint density at radius 3 is 2.10 bits per heavy atom. The van der Waals surface area contributed by atoms with Gasteiger partial charge in [-0.1, -0.05) is 60.7 Å². The highest BCUT2D eigenvalue weighted by Gasteiger charge is 2.56. The summed E-state index contributed by atoms with van der Waals surface area (Å²) in [4.78, 5) is 38.9. The van der Waals surface area contributed by atoms with Gasteiger partial charge in [-0.05, 0) is 43.7 Å². The number of carbonyl (C=O) groups excluding carboxylic acids is 3. The molecule has 1 saturated heterocycles. The minimum atomic E-state index is -0.875. The van der Waals surface area contributed by atoms with Crippen LogP contribution in [-0.4, -0.2) is 40.9 Å². The van der Waals surface area contributed by atoms with Gasteiger partial charge in [0.05, 0.1) is 0 Å². The second-order valence-electron chi connectivity index (χ2n) is 8.45. The Morgan fingerprint density at radius 1 is 1.07 bits per heavy atom. The number of urea groups is 1. The van der Waals surface area contributed by atoms with Crippen molar-refractivity contribution < 1.29 is 14.4 Å². The highest BCUT2D eigenvalue weighted by Crippen LogP contribution is 2.42. The van der Waals surface area contributed by atoms with Crippen LogP contribution in [0, 0.1) is 5.92 Å². The molecular weight excluding hydrogens is 378 g/mol. The van der Waals surface area contributed by atoms with Crippen molar-refractivity contribution in [2.75, 3.05) is 6.54 Å². The van der Waals surface area contributed by atoms with Crippen LogP contribution in [0.25, 0.3) is 0 Å². The average Bonchev–Trinajstić information content (AvgIpc) is 3.56. The molecule has 6 nitrogen and oxygen atoms in total. The van der Waals surface area contributed by atoms with Gasteiger partial charge in [0.2, 0.25) is 5.91 Å². The molecule has 6 heteroatoms. The SMILES string of the molecule is CC(NC(=O)CN1C(=O)NC(C)(C2CC2)C1=O)C(c1ccccc1)c1ccccc1. The van der Waals surface area contributed by atoms with Crippen LogP contribution in [-0.2, 0) is 9.59 Å². The quantitative estimate of drug-likeness (QED) is 0.695. The fourth-order valence-electron chi connectivity index (χ4n) is 4.41. The minimum Gasteiger partial charge on any atom is -0.351 e. The van der Waals surface area contributed by atoms with Gasteiger partial charge in [0.1, 0.15) is 12.1 Å². The molecule has 1 aliphatic heterocycles. The molecule has 2 aliphatic rings. The fraction of sp³-hybridized carbons (Fsp3) is 0.375. The third-order valence-corrected chi connectivity index (χ3v) is 6.20. The van der Waals surface area contributed by atoms with E-state index in [1.807, 2.05) is 67.6 Å². The maximum atomic E-state index is 12.8. The molecule has 0 radical (unpaired) electrons. The summed E-state index contributed by atoms with van der Waals surface area (Å²) in [6, 6.07) is 19.3. The zero-order valence-corrected chi connectivity index (χ0v) is 17.3. The van der Waals surface area contributed by atoms with Crippen LogP contribution in [0.5, 0.6) is 0 Å². The predicted molar refractivity (Wildman–Crippen MR) is 114 cm³/mol. The van der Waals surface area contributed by atoms with Crippen molar-refractivity contribution in [3.05, 3.63) is 71.8 Å². The summed E-state index contributed by atoms with van der Waals surface area (Å²) in [5.74, 6) is -0.527. The molecule has 0 spiro atoms. The van der Waals surface area contributed by atoms with E-state index in [2.05, 4.69) is 10.6 Å². The van der Waals surface area contributed by atoms with Crippen molar-refractivity contribution >= 4 is 17.8 Å². The normalized spacial score (nSPS) is 22.2. The van der Waals surface area contributed by atoms with E-state index in [-0.39, 0.29) is 36.2 Å². The highest BCUT2D eigenvalue weighted by atomic mass is 16.2. The van der Waals surface area contributed by atoms with E-state index >= 15 is 0 Å². The molecule has 1 saturated carbocycles. The molecule has 4 amide bonds. The summed E-state index contributed by atoms with van der Waals surface area (Å²) in [7, 11) is 0. The first-order chi connectivity index (χ1) is 14.4. The number of carbonyl (C=O) groups is 3. The summed E-state index contributed by atoms with van der Waals surface area (Å²) < 4.78 is 0. The lowest BCUT2D eigenvalue weighted by molar-refractivity contribution is -0.135. The predicted octanol–water partition coefficient (Wildman–Crippen LogP) is 3.04. The van der Waals surface area contributed by atoms with Crippen molar-refractivity contribution in [3.8, 4) is 0 Å². The largest absolute Gasteiger partial charge is 0.351 e. The van der Waals surface area contributed by atoms with E-state index in [9.17, 15) is 14.4 Å². The number of rotatable bonds is 7. The van der Waals surface area contributed by atoms with Crippen molar-refractivity contribution in [2.45, 2.75) is 44.2 Å². The molecule has 2 aromatic rings. The average molecular weight is 405 g/mol. The van der Waals surface area contributed by atoms with Crippen LogP contribution in [0.4, 0.5) is 4.79 Å². The molecule has 0 bridgehead atoms. The van der Waals surface area contributed by atoms with E-state index in [1.165, 1.54) is 0 Å². The van der Waals surface area contributed by atoms with Crippen LogP contribution in [0.3, 0.4) is 0 Å². The van der Waals surface area contributed by atoms with Gasteiger partial charge in [0.25, 0.3) is 5.91 Å². The van der Waals surface area contributed by atoms with Gasteiger partial charge < -0.3 is 10.6 Å². The molecule has 2 unspecified atom stereocenters. The van der Waals surface area contributed by atoms with Crippen molar-refractivity contribution in [1.82, 2.24) is 15.5 Å².